The van der Waals surface area contributed by atoms with Gasteiger partial charge in [-0.25, -0.2) is 9.36 Å². The molecule has 3 unspecified atom stereocenters. The SMILES string of the molecule is CCCCC/C=C\C/C=C\CCCCCCCC(=O)NC(COP(=O)(O)OCC(O)COC(=O)CCCCCCCCC/C=C\C/C=C\CCCCCC)C(=O)O. The topological polar surface area (TPSA) is 169 Å². The molecule has 0 aliphatic rings. The number of phosphoric acid groups is 1. The number of esters is 1. The molecule has 0 heterocycles. The van der Waals surface area contributed by atoms with Gasteiger partial charge in [0.25, 0.3) is 0 Å². The van der Waals surface area contributed by atoms with E-state index in [1.807, 2.05) is 0 Å². The van der Waals surface area contributed by atoms with E-state index in [1.165, 1.54) is 70.6 Å². The van der Waals surface area contributed by atoms with Crippen LogP contribution in [-0.2, 0) is 32.7 Å². The molecule has 0 aromatic rings. The molecule has 0 saturated heterocycles. The monoisotopic (exact) mass is 826 g/mol. The zero-order valence-corrected chi connectivity index (χ0v) is 36.5. The van der Waals surface area contributed by atoms with Crippen molar-refractivity contribution in [1.29, 1.82) is 0 Å². The van der Waals surface area contributed by atoms with E-state index in [9.17, 15) is 34.1 Å². The Bertz CT molecular complexity index is 1150. The number of unbranched alkanes of at least 4 members (excludes halogenated alkanes) is 19. The maximum atomic E-state index is 12.3. The second-order valence-electron chi connectivity index (χ2n) is 14.9. The highest BCUT2D eigenvalue weighted by molar-refractivity contribution is 7.47. The summed E-state index contributed by atoms with van der Waals surface area (Å²) in [5.74, 6) is -2.40. The quantitative estimate of drug-likeness (QED) is 0.0201. The van der Waals surface area contributed by atoms with E-state index >= 15 is 0 Å². The van der Waals surface area contributed by atoms with Crippen LogP contribution >= 0.6 is 7.82 Å². The normalized spacial score (nSPS) is 14.2. The molecule has 0 aliphatic heterocycles. The van der Waals surface area contributed by atoms with E-state index in [1.54, 1.807) is 0 Å². The third-order valence-corrected chi connectivity index (χ3v) is 10.3. The summed E-state index contributed by atoms with van der Waals surface area (Å²) in [6.07, 6.45) is 44.1. The van der Waals surface area contributed by atoms with Gasteiger partial charge in [-0.3, -0.25) is 18.6 Å². The molecule has 4 N–H and O–H groups in total. The zero-order valence-electron chi connectivity index (χ0n) is 35.6. The fourth-order valence-electron chi connectivity index (χ4n) is 5.84. The smallest absolute Gasteiger partial charge is 0.472 e. The molecule has 0 aliphatic carbocycles. The minimum Gasteiger partial charge on any atom is -0.480 e. The molecule has 11 nitrogen and oxygen atoms in total. The van der Waals surface area contributed by atoms with Gasteiger partial charge in [-0.1, -0.05) is 146 Å². The van der Waals surface area contributed by atoms with Crippen LogP contribution in [0.25, 0.3) is 0 Å². The zero-order chi connectivity index (χ0) is 42.1. The van der Waals surface area contributed by atoms with E-state index in [2.05, 4.69) is 67.8 Å². The number of rotatable bonds is 41. The molecule has 0 aromatic heterocycles. The van der Waals surface area contributed by atoms with Crippen molar-refractivity contribution in [2.75, 3.05) is 19.8 Å². The Hall–Kier alpha value is -2.56. The molecule has 0 saturated carbocycles. The van der Waals surface area contributed by atoms with Crippen LogP contribution in [0.3, 0.4) is 0 Å². The van der Waals surface area contributed by atoms with Crippen LogP contribution in [0.5, 0.6) is 0 Å². The van der Waals surface area contributed by atoms with Gasteiger partial charge in [0.1, 0.15) is 12.7 Å². The van der Waals surface area contributed by atoms with Gasteiger partial charge in [0, 0.05) is 12.8 Å². The van der Waals surface area contributed by atoms with Gasteiger partial charge in [-0.15, -0.1) is 0 Å². The molecule has 0 radical (unpaired) electrons. The maximum Gasteiger partial charge on any atom is 0.472 e. The molecule has 0 bridgehead atoms. The van der Waals surface area contributed by atoms with Crippen LogP contribution in [0.2, 0.25) is 0 Å². The number of aliphatic carboxylic acids is 1. The first-order chi connectivity index (χ1) is 27.6. The number of hydrogen-bond donors (Lipinski definition) is 4. The molecule has 0 fully saturated rings. The average Bonchev–Trinajstić information content (AvgIpc) is 3.18. The second kappa shape index (κ2) is 40.2. The molecule has 3 atom stereocenters. The number of carbonyl (C=O) groups is 3. The number of aliphatic hydroxyl groups is 1. The number of carboxylic acid groups (broad SMARTS) is 1. The summed E-state index contributed by atoms with van der Waals surface area (Å²) in [5.41, 5.74) is 0. The summed E-state index contributed by atoms with van der Waals surface area (Å²) < 4.78 is 26.8. The van der Waals surface area contributed by atoms with Gasteiger partial charge in [0.05, 0.1) is 13.2 Å². The minimum atomic E-state index is -4.76. The van der Waals surface area contributed by atoms with E-state index in [4.69, 9.17) is 13.8 Å². The number of aliphatic hydroxyl groups excluding tert-OH is 1. The summed E-state index contributed by atoms with van der Waals surface area (Å²) in [6, 6.07) is -1.56. The highest BCUT2D eigenvalue weighted by atomic mass is 31.2. The predicted octanol–water partition coefficient (Wildman–Crippen LogP) is 11.4. The van der Waals surface area contributed by atoms with Gasteiger partial charge < -0.3 is 25.2 Å². The van der Waals surface area contributed by atoms with E-state index in [0.29, 0.717) is 12.8 Å². The molecule has 1 amide bonds. The molecule has 57 heavy (non-hydrogen) atoms. The van der Waals surface area contributed by atoms with Crippen molar-refractivity contribution in [3.05, 3.63) is 48.6 Å². The highest BCUT2D eigenvalue weighted by Gasteiger charge is 2.28. The van der Waals surface area contributed by atoms with Gasteiger partial charge in [-0.05, 0) is 77.0 Å². The Morgan fingerprint density at radius 2 is 0.965 bits per heavy atom. The summed E-state index contributed by atoms with van der Waals surface area (Å²) >= 11 is 0. The number of nitrogens with one attached hydrogen (secondary N) is 1. The Kier molecular flexibility index (Phi) is 38.4. The Morgan fingerprint density at radius 1 is 0.561 bits per heavy atom. The number of hydrogen-bond acceptors (Lipinski definition) is 8. The molecule has 330 valence electrons. The Labute approximate surface area is 345 Å². The van der Waals surface area contributed by atoms with Crippen molar-refractivity contribution in [3.8, 4) is 0 Å². The van der Waals surface area contributed by atoms with Crippen LogP contribution < -0.4 is 5.32 Å². The van der Waals surface area contributed by atoms with Crippen molar-refractivity contribution in [2.45, 2.75) is 199 Å². The first-order valence-corrected chi connectivity index (χ1v) is 23.7. The summed E-state index contributed by atoms with van der Waals surface area (Å²) in [5, 5.41) is 21.8. The van der Waals surface area contributed by atoms with Crippen LogP contribution in [0.1, 0.15) is 187 Å². The highest BCUT2D eigenvalue weighted by Crippen LogP contribution is 2.43. The van der Waals surface area contributed by atoms with Crippen LogP contribution in [0.15, 0.2) is 48.6 Å². The Morgan fingerprint density at radius 3 is 1.46 bits per heavy atom. The van der Waals surface area contributed by atoms with Gasteiger partial charge >= 0.3 is 19.8 Å². The third kappa shape index (κ3) is 40.0. The van der Waals surface area contributed by atoms with Crippen LogP contribution in [-0.4, -0.2) is 64.9 Å². The lowest BCUT2D eigenvalue weighted by molar-refractivity contribution is -0.147. The number of ether oxygens (including phenoxy) is 1. The lowest BCUT2D eigenvalue weighted by atomic mass is 10.1. The summed E-state index contributed by atoms with van der Waals surface area (Å²) in [4.78, 5) is 45.9. The number of allylic oxidation sites excluding steroid dienone is 8. The minimum absolute atomic E-state index is 0.128. The number of carbonyl (C=O) groups excluding carboxylic acids is 2. The number of carboxylic acids is 1. The van der Waals surface area contributed by atoms with E-state index < -0.39 is 57.6 Å². The first-order valence-electron chi connectivity index (χ1n) is 22.2. The molecule has 0 rings (SSSR count). The fraction of sp³-hybridized carbons (Fsp3) is 0.756. The molecular weight excluding hydrogens is 745 g/mol. The van der Waals surface area contributed by atoms with E-state index in [-0.39, 0.29) is 12.8 Å². The lowest BCUT2D eigenvalue weighted by Gasteiger charge is -2.18. The molecule has 0 spiro atoms. The van der Waals surface area contributed by atoms with E-state index in [0.717, 1.165) is 77.0 Å². The lowest BCUT2D eigenvalue weighted by Crippen LogP contribution is -2.43. The van der Waals surface area contributed by atoms with Crippen LogP contribution in [0.4, 0.5) is 0 Å². The molecular formula is C45H80NO10P. The van der Waals surface area contributed by atoms with Crippen molar-refractivity contribution >= 4 is 25.7 Å². The summed E-state index contributed by atoms with van der Waals surface area (Å²) in [6.45, 7) is 2.53. The number of amides is 1. The van der Waals surface area contributed by atoms with Gasteiger partial charge in [-0.2, -0.15) is 0 Å². The number of phosphoric ester groups is 1. The third-order valence-electron chi connectivity index (χ3n) is 9.34. The Balaban J connectivity index is 3.93. The van der Waals surface area contributed by atoms with Crippen LogP contribution in [0, 0.1) is 0 Å². The van der Waals surface area contributed by atoms with Crippen molar-refractivity contribution in [3.63, 3.8) is 0 Å². The van der Waals surface area contributed by atoms with Crippen molar-refractivity contribution < 1.29 is 47.8 Å². The fourth-order valence-corrected chi connectivity index (χ4v) is 6.62. The largest absolute Gasteiger partial charge is 0.480 e. The first kappa shape index (κ1) is 54.4. The van der Waals surface area contributed by atoms with Crippen molar-refractivity contribution in [2.24, 2.45) is 0 Å². The molecule has 12 heteroatoms. The van der Waals surface area contributed by atoms with Crippen molar-refractivity contribution in [1.82, 2.24) is 5.32 Å². The van der Waals surface area contributed by atoms with Gasteiger partial charge in [0.15, 0.2) is 6.04 Å². The average molecular weight is 826 g/mol. The van der Waals surface area contributed by atoms with Gasteiger partial charge in [0.2, 0.25) is 5.91 Å². The summed E-state index contributed by atoms with van der Waals surface area (Å²) in [7, 11) is -4.76. The standard InChI is InChI=1S/C45H80NO10P/c1-3-5-7-9-11-13-15-17-19-20-21-23-25-27-29-31-33-35-37-44(49)54-38-41(47)39-55-57(52,53)56-40-42(45(50)51)46-43(48)36-34-32-30-28-26-24-22-18-16-14-12-10-8-6-4-2/h12-15,18-20,22,41-42,47H,3-11,16-17,21,23-40H2,1-2H3,(H,46,48)(H,50,51)(H,52,53)/b14-12-,15-13-,20-19-,22-18-. The molecule has 0 aromatic carbocycles. The predicted molar refractivity (Wildman–Crippen MR) is 231 cm³/mol. The maximum absolute atomic E-state index is 12.3. The second-order valence-corrected chi connectivity index (χ2v) is 16.3.